The summed E-state index contributed by atoms with van der Waals surface area (Å²) in [5.74, 6) is -3.14. The molecule has 20 unspecified atom stereocenters. The number of hydrogen-bond donors (Lipinski definition) is 8. The van der Waals surface area contributed by atoms with E-state index in [1.807, 2.05) is 0 Å². The smallest absolute Gasteiger partial charge is 0.748 e. The number of rotatable bonds is 4. The topological polar surface area (TPSA) is 325 Å². The van der Waals surface area contributed by atoms with Crippen molar-refractivity contribution in [1.29, 1.82) is 0 Å². The van der Waals surface area contributed by atoms with Crippen LogP contribution < -0.4 is 42.5 Å². The first kappa shape index (κ1) is 46.6. The summed E-state index contributed by atoms with van der Waals surface area (Å²) in [4.78, 5) is 0. The van der Waals surface area contributed by atoms with Crippen LogP contribution >= 0.6 is 0 Å². The molecule has 0 spiro atoms. The summed E-state index contributed by atoms with van der Waals surface area (Å²) in [6.07, 6.45) is 6.60. The SMILES string of the molecule is O=S(=O)([O-])C1C2C3NC4NC(NC5NC(NC6NC(NC(N3)C2C(S(=O)(=O)[O-])C(S(=O)(=O)[O-])C1S(=O)(=O)[O-])C1CCCCC61)C1CCCCC51)C1CCCCC41.[Zn+2].[Zn+2]. The van der Waals surface area contributed by atoms with Crippen LogP contribution in [-0.2, 0) is 79.4 Å². The Hall–Kier alpha value is 0.567. The summed E-state index contributed by atoms with van der Waals surface area (Å²) in [5.41, 5.74) is 0. The molecular weight excluding hydrogens is 947 g/mol. The number of hydrogen-bond acceptors (Lipinski definition) is 20. The minimum atomic E-state index is -6.22. The third kappa shape index (κ3) is 8.24. The normalized spacial score (nSPS) is 49.3. The molecule has 320 valence electrons. The summed E-state index contributed by atoms with van der Waals surface area (Å²) in [6, 6.07) is 0. The van der Waals surface area contributed by atoms with Crippen LogP contribution in [0.2, 0.25) is 0 Å². The molecule has 5 heterocycles. The van der Waals surface area contributed by atoms with Gasteiger partial charge in [-0.25, -0.2) is 33.7 Å². The molecule has 9 rings (SSSR count). The molecule has 5 aliphatic heterocycles. The maximum absolute atomic E-state index is 13.3. The molecule has 26 heteroatoms. The Morgan fingerprint density at radius 3 is 0.655 bits per heavy atom. The van der Waals surface area contributed by atoms with Gasteiger partial charge in [-0.05, 0) is 74.0 Å². The van der Waals surface area contributed by atoms with E-state index in [1.54, 1.807) is 0 Å². The van der Waals surface area contributed by atoms with Crippen LogP contribution in [0, 0.1) is 47.3 Å². The quantitative estimate of drug-likeness (QED) is 0.101. The summed E-state index contributed by atoms with van der Waals surface area (Å²) in [6.45, 7) is 0. The first-order valence-corrected chi connectivity index (χ1v) is 26.1. The average Bonchev–Trinajstić information content (AvgIpc) is 3.84. The largest absolute Gasteiger partial charge is 2.00 e. The van der Waals surface area contributed by atoms with Gasteiger partial charge in [0.05, 0.1) is 90.6 Å². The van der Waals surface area contributed by atoms with Crippen molar-refractivity contribution in [3.8, 4) is 0 Å². The Kier molecular flexibility index (Phi) is 13.5. The molecule has 0 aromatic rings. The zero-order valence-corrected chi connectivity index (χ0v) is 41.2. The van der Waals surface area contributed by atoms with E-state index in [-0.39, 0.29) is 87.3 Å². The maximum Gasteiger partial charge on any atom is 2.00 e. The Bertz CT molecular complexity index is 1860. The predicted molar refractivity (Wildman–Crippen MR) is 193 cm³/mol. The van der Waals surface area contributed by atoms with Crippen molar-refractivity contribution in [2.45, 2.75) is 147 Å². The van der Waals surface area contributed by atoms with Gasteiger partial charge in [0.25, 0.3) is 0 Å². The molecule has 8 bridgehead atoms. The van der Waals surface area contributed by atoms with Gasteiger partial charge in [-0.1, -0.05) is 38.5 Å². The molecule has 0 amide bonds. The minimum absolute atomic E-state index is 0. The van der Waals surface area contributed by atoms with E-state index in [4.69, 9.17) is 0 Å². The van der Waals surface area contributed by atoms with Gasteiger partial charge in [0.2, 0.25) is 0 Å². The third-order valence-corrected chi connectivity index (χ3v) is 20.9. The van der Waals surface area contributed by atoms with E-state index in [0.717, 1.165) is 77.0 Å². The molecule has 4 saturated carbocycles. The Balaban J connectivity index is 0.00000256. The van der Waals surface area contributed by atoms with Crippen LogP contribution in [0.4, 0.5) is 0 Å². The molecule has 20 nitrogen and oxygen atoms in total. The Labute approximate surface area is 366 Å². The van der Waals surface area contributed by atoms with E-state index in [0.29, 0.717) is 11.8 Å². The fourth-order valence-electron chi connectivity index (χ4n) is 13.4. The van der Waals surface area contributed by atoms with Crippen LogP contribution in [0.3, 0.4) is 0 Å². The molecule has 0 aromatic carbocycles. The van der Waals surface area contributed by atoms with Crippen molar-refractivity contribution >= 4 is 40.5 Å². The molecule has 20 atom stereocenters. The van der Waals surface area contributed by atoms with Gasteiger partial charge in [0.1, 0.15) is 20.2 Å². The number of nitrogens with one attached hydrogen (secondary N) is 8. The summed E-state index contributed by atoms with van der Waals surface area (Å²) in [5, 5.41) is 16.2. The third-order valence-electron chi connectivity index (χ3n) is 15.3. The van der Waals surface area contributed by atoms with E-state index in [9.17, 15) is 51.9 Å². The van der Waals surface area contributed by atoms with Gasteiger partial charge >= 0.3 is 39.0 Å². The first-order valence-electron chi connectivity index (χ1n) is 20.2. The van der Waals surface area contributed by atoms with Gasteiger partial charge < -0.3 is 18.2 Å². The molecule has 4 aliphatic carbocycles. The molecule has 0 aromatic heterocycles. The van der Waals surface area contributed by atoms with E-state index >= 15 is 0 Å². The monoisotopic (exact) mass is 996 g/mol. The van der Waals surface area contributed by atoms with Crippen LogP contribution in [0.5, 0.6) is 0 Å². The summed E-state index contributed by atoms with van der Waals surface area (Å²) in [7, 11) is -24.4. The van der Waals surface area contributed by atoms with Crippen LogP contribution in [0.15, 0.2) is 0 Å². The Morgan fingerprint density at radius 2 is 0.466 bits per heavy atom. The van der Waals surface area contributed by atoms with Gasteiger partial charge in [-0.2, -0.15) is 0 Å². The zero-order chi connectivity index (χ0) is 39.7. The minimum Gasteiger partial charge on any atom is -0.748 e. The van der Waals surface area contributed by atoms with Crippen molar-refractivity contribution in [2.24, 2.45) is 47.3 Å². The van der Waals surface area contributed by atoms with E-state index < -0.39 is 98.0 Å². The second kappa shape index (κ2) is 16.8. The summed E-state index contributed by atoms with van der Waals surface area (Å²) >= 11 is 0. The molecule has 0 radical (unpaired) electrons. The van der Waals surface area contributed by atoms with Crippen molar-refractivity contribution in [1.82, 2.24) is 42.5 Å². The van der Waals surface area contributed by atoms with Crippen LogP contribution in [0.25, 0.3) is 0 Å². The fourth-order valence-corrected chi connectivity index (χ4v) is 20.5. The van der Waals surface area contributed by atoms with Gasteiger partial charge in [0, 0.05) is 11.8 Å². The fraction of sp³-hybridized carbons (Fsp3) is 1.00. The molecule has 5 saturated heterocycles. The zero-order valence-electron chi connectivity index (χ0n) is 32.0. The average molecular weight is 1000 g/mol. The standard InChI is InChI=1S/C32H56N8O12S4.2Zn/c41-53(42,43)21-19-20(22(54(44,45)46)24(56(50,51)52)23(21)55(47,48)49)32-39-30-18-12-6-4-10-16(18)28(37-30)35-26-14-8-2-1-7-13(14)25(33-26)34-27-15-9-3-5-11-17(15)29(36-27)38-31(19)40-32;;/h13-40H,1-12H2,(H,41,42,43)(H,44,45,46)(H,47,48,49)(H,50,51,52);;/q;2*+2/p-4. The second-order valence-corrected chi connectivity index (χ2v) is 24.1. The molecule has 9 aliphatic rings. The summed E-state index contributed by atoms with van der Waals surface area (Å²) < 4.78 is 157. The van der Waals surface area contributed by atoms with E-state index in [2.05, 4.69) is 42.5 Å². The van der Waals surface area contributed by atoms with Crippen molar-refractivity contribution in [2.75, 3.05) is 0 Å². The van der Waals surface area contributed by atoms with Crippen LogP contribution in [-0.4, -0.2) is 122 Å². The van der Waals surface area contributed by atoms with Crippen LogP contribution in [0.1, 0.15) is 77.0 Å². The maximum atomic E-state index is 13.3. The van der Waals surface area contributed by atoms with Crippen molar-refractivity contribution in [3.63, 3.8) is 0 Å². The number of fused-ring (bicyclic) bond motifs is 20. The van der Waals surface area contributed by atoms with E-state index in [1.165, 1.54) is 0 Å². The predicted octanol–water partition coefficient (Wildman–Crippen LogP) is -3.30. The van der Waals surface area contributed by atoms with Gasteiger partial charge in [-0.15, -0.1) is 0 Å². The second-order valence-electron chi connectivity index (χ2n) is 18.0. The van der Waals surface area contributed by atoms with Crippen molar-refractivity contribution in [3.05, 3.63) is 0 Å². The molecule has 8 N–H and O–H groups in total. The molecule has 58 heavy (non-hydrogen) atoms. The van der Waals surface area contributed by atoms with Gasteiger partial charge in [0.15, 0.2) is 0 Å². The molecular formula is C32H52N8O12S4Zn2. The Morgan fingerprint density at radius 1 is 0.293 bits per heavy atom. The molecule has 9 fully saturated rings. The van der Waals surface area contributed by atoms with Gasteiger partial charge in [-0.3, -0.25) is 42.5 Å². The van der Waals surface area contributed by atoms with Crippen molar-refractivity contribution < 1.29 is 90.8 Å². The first-order chi connectivity index (χ1) is 26.3.